The Labute approximate surface area is 147 Å². The lowest BCUT2D eigenvalue weighted by molar-refractivity contribution is -0.141. The molecule has 3 rings (SSSR count). The Morgan fingerprint density at radius 3 is 2.72 bits per heavy atom. The average molecular weight is 343 g/mol. The predicted molar refractivity (Wildman–Crippen MR) is 95.7 cm³/mol. The minimum atomic E-state index is -0.769. The van der Waals surface area contributed by atoms with Gasteiger partial charge in [-0.2, -0.15) is 0 Å². The number of amides is 1. The monoisotopic (exact) mass is 343 g/mol. The molecule has 1 aromatic carbocycles. The van der Waals surface area contributed by atoms with Crippen molar-refractivity contribution in [1.29, 1.82) is 0 Å². The fourth-order valence-corrected chi connectivity index (χ4v) is 3.79. The highest BCUT2D eigenvalue weighted by molar-refractivity contribution is 5.88. The van der Waals surface area contributed by atoms with Crippen LogP contribution in [-0.2, 0) is 16.0 Å². The van der Waals surface area contributed by atoms with Crippen molar-refractivity contribution in [3.8, 4) is 0 Å². The first-order valence-corrected chi connectivity index (χ1v) is 8.88. The topological polar surface area (TPSA) is 79.5 Å². The van der Waals surface area contributed by atoms with Gasteiger partial charge in [0.25, 0.3) is 0 Å². The first-order chi connectivity index (χ1) is 11.8. The van der Waals surface area contributed by atoms with Crippen LogP contribution in [0.3, 0.4) is 0 Å². The van der Waals surface area contributed by atoms with E-state index in [4.69, 9.17) is 9.52 Å². The van der Waals surface area contributed by atoms with Crippen LogP contribution in [0.4, 0.5) is 0 Å². The SMILES string of the molecule is Cc1cc2occ(CC(=O)N[C@@H]3CC[C@H](C(=O)O)C3)c2cc1C(C)C. The van der Waals surface area contributed by atoms with Crippen LogP contribution >= 0.6 is 0 Å². The maximum atomic E-state index is 12.4. The number of hydrogen-bond acceptors (Lipinski definition) is 3. The van der Waals surface area contributed by atoms with Crippen LogP contribution in [0.2, 0.25) is 0 Å². The Morgan fingerprint density at radius 2 is 2.08 bits per heavy atom. The van der Waals surface area contributed by atoms with Gasteiger partial charge in [-0.3, -0.25) is 9.59 Å². The second kappa shape index (κ2) is 6.90. The van der Waals surface area contributed by atoms with Crippen LogP contribution in [0.5, 0.6) is 0 Å². The summed E-state index contributed by atoms with van der Waals surface area (Å²) in [6.45, 7) is 6.38. The van der Waals surface area contributed by atoms with Crippen molar-refractivity contribution < 1.29 is 19.1 Å². The Kier molecular flexibility index (Phi) is 4.84. The van der Waals surface area contributed by atoms with E-state index in [1.54, 1.807) is 6.26 Å². The van der Waals surface area contributed by atoms with Crippen molar-refractivity contribution >= 4 is 22.8 Å². The Balaban J connectivity index is 1.71. The number of nitrogens with one attached hydrogen (secondary N) is 1. The van der Waals surface area contributed by atoms with Crippen LogP contribution in [-0.4, -0.2) is 23.0 Å². The number of rotatable bonds is 5. The van der Waals surface area contributed by atoms with Crippen LogP contribution in [0.1, 0.15) is 55.7 Å². The molecule has 0 aliphatic heterocycles. The number of aliphatic carboxylic acids is 1. The van der Waals surface area contributed by atoms with E-state index in [0.717, 1.165) is 23.0 Å². The maximum Gasteiger partial charge on any atom is 0.306 e. The summed E-state index contributed by atoms with van der Waals surface area (Å²) in [6.07, 6.45) is 3.78. The molecule has 2 aromatic rings. The second-order valence-electron chi connectivity index (χ2n) is 7.41. The number of carboxylic acid groups (broad SMARTS) is 1. The first kappa shape index (κ1) is 17.5. The van der Waals surface area contributed by atoms with Crippen molar-refractivity contribution in [1.82, 2.24) is 5.32 Å². The summed E-state index contributed by atoms with van der Waals surface area (Å²) in [5.41, 5.74) is 4.13. The first-order valence-electron chi connectivity index (χ1n) is 8.88. The Morgan fingerprint density at radius 1 is 1.32 bits per heavy atom. The summed E-state index contributed by atoms with van der Waals surface area (Å²) in [4.78, 5) is 23.4. The predicted octanol–water partition coefficient (Wildman–Crippen LogP) is 3.78. The number of carbonyl (C=O) groups is 2. The number of aryl methyl sites for hydroxylation is 1. The van der Waals surface area contributed by atoms with Gasteiger partial charge in [-0.15, -0.1) is 0 Å². The molecule has 1 aliphatic carbocycles. The number of carbonyl (C=O) groups excluding carboxylic acids is 1. The lowest BCUT2D eigenvalue weighted by Crippen LogP contribution is -2.34. The molecule has 1 fully saturated rings. The van der Waals surface area contributed by atoms with Gasteiger partial charge in [0.1, 0.15) is 5.58 Å². The van der Waals surface area contributed by atoms with Crippen LogP contribution in [0, 0.1) is 12.8 Å². The zero-order valence-corrected chi connectivity index (χ0v) is 15.0. The molecule has 2 atom stereocenters. The van der Waals surface area contributed by atoms with Gasteiger partial charge in [-0.1, -0.05) is 13.8 Å². The van der Waals surface area contributed by atoms with Crippen LogP contribution in [0.25, 0.3) is 11.0 Å². The van der Waals surface area contributed by atoms with Gasteiger partial charge >= 0.3 is 5.97 Å². The smallest absolute Gasteiger partial charge is 0.306 e. The molecular weight excluding hydrogens is 318 g/mol. The van der Waals surface area contributed by atoms with E-state index in [2.05, 4.69) is 32.2 Å². The average Bonchev–Trinajstić information content (AvgIpc) is 3.13. The quantitative estimate of drug-likeness (QED) is 0.866. The Hall–Kier alpha value is -2.30. The molecule has 25 heavy (non-hydrogen) atoms. The summed E-state index contributed by atoms with van der Waals surface area (Å²) in [7, 11) is 0. The van der Waals surface area contributed by atoms with E-state index in [-0.39, 0.29) is 24.3 Å². The van der Waals surface area contributed by atoms with Gasteiger partial charge in [0.2, 0.25) is 5.91 Å². The zero-order chi connectivity index (χ0) is 18.1. The molecule has 0 unspecified atom stereocenters. The summed E-state index contributed by atoms with van der Waals surface area (Å²) in [6, 6.07) is 4.11. The molecule has 0 radical (unpaired) electrons. The van der Waals surface area contributed by atoms with E-state index >= 15 is 0 Å². The van der Waals surface area contributed by atoms with Gasteiger partial charge in [0, 0.05) is 17.0 Å². The highest BCUT2D eigenvalue weighted by Crippen LogP contribution is 2.29. The third-order valence-electron chi connectivity index (χ3n) is 5.16. The van der Waals surface area contributed by atoms with Crippen molar-refractivity contribution in [2.24, 2.45) is 5.92 Å². The van der Waals surface area contributed by atoms with E-state index in [1.165, 1.54) is 11.1 Å². The largest absolute Gasteiger partial charge is 0.481 e. The van der Waals surface area contributed by atoms with E-state index in [9.17, 15) is 9.59 Å². The lowest BCUT2D eigenvalue weighted by atomic mass is 9.95. The standard InChI is InChI=1S/C20H25NO4/c1-11(2)16-9-17-14(10-25-18(17)6-12(16)3)8-19(22)21-15-5-4-13(7-15)20(23)24/h6,9-11,13,15H,4-5,7-8H2,1-3H3,(H,21,22)(H,23,24)/t13-,15+/m0/s1. The highest BCUT2D eigenvalue weighted by atomic mass is 16.4. The third kappa shape index (κ3) is 3.70. The summed E-state index contributed by atoms with van der Waals surface area (Å²) in [5.74, 6) is -0.774. The minimum Gasteiger partial charge on any atom is -0.481 e. The third-order valence-corrected chi connectivity index (χ3v) is 5.16. The van der Waals surface area contributed by atoms with Crippen molar-refractivity contribution in [3.05, 3.63) is 35.1 Å². The normalized spacial score (nSPS) is 20.3. The molecule has 1 saturated carbocycles. The molecule has 0 saturated heterocycles. The number of hydrogen-bond donors (Lipinski definition) is 2. The van der Waals surface area contributed by atoms with E-state index in [0.29, 0.717) is 18.8 Å². The fourth-order valence-electron chi connectivity index (χ4n) is 3.79. The van der Waals surface area contributed by atoms with Crippen LogP contribution in [0.15, 0.2) is 22.8 Å². The molecule has 134 valence electrons. The van der Waals surface area contributed by atoms with Gasteiger partial charge in [0.15, 0.2) is 0 Å². The zero-order valence-electron chi connectivity index (χ0n) is 15.0. The molecule has 1 heterocycles. The number of furan rings is 1. The molecule has 5 nitrogen and oxygen atoms in total. The van der Waals surface area contributed by atoms with Gasteiger partial charge in [-0.05, 0) is 55.4 Å². The lowest BCUT2D eigenvalue weighted by Gasteiger charge is -2.12. The van der Waals surface area contributed by atoms with Gasteiger partial charge in [-0.25, -0.2) is 0 Å². The molecule has 0 spiro atoms. The van der Waals surface area contributed by atoms with Crippen LogP contribution < -0.4 is 5.32 Å². The number of carboxylic acids is 1. The van der Waals surface area contributed by atoms with Crippen molar-refractivity contribution in [3.63, 3.8) is 0 Å². The molecule has 5 heteroatoms. The summed E-state index contributed by atoms with van der Waals surface area (Å²) < 4.78 is 5.63. The summed E-state index contributed by atoms with van der Waals surface area (Å²) in [5, 5.41) is 13.0. The number of fused-ring (bicyclic) bond motifs is 1. The molecule has 0 bridgehead atoms. The molecule has 1 amide bonds. The minimum absolute atomic E-state index is 0.0414. The van der Waals surface area contributed by atoms with Crippen molar-refractivity contribution in [2.75, 3.05) is 0 Å². The van der Waals surface area contributed by atoms with E-state index < -0.39 is 5.97 Å². The molecule has 1 aliphatic rings. The summed E-state index contributed by atoms with van der Waals surface area (Å²) >= 11 is 0. The Bertz CT molecular complexity index is 805. The molecule has 1 aromatic heterocycles. The van der Waals surface area contributed by atoms with E-state index in [1.807, 2.05) is 6.07 Å². The molecule has 2 N–H and O–H groups in total. The van der Waals surface area contributed by atoms with Gasteiger partial charge < -0.3 is 14.8 Å². The number of benzene rings is 1. The van der Waals surface area contributed by atoms with Gasteiger partial charge in [0.05, 0.1) is 18.6 Å². The molecular formula is C20H25NO4. The maximum absolute atomic E-state index is 12.4. The highest BCUT2D eigenvalue weighted by Gasteiger charge is 2.30. The second-order valence-corrected chi connectivity index (χ2v) is 7.41. The fraction of sp³-hybridized carbons (Fsp3) is 0.500. The van der Waals surface area contributed by atoms with Crippen molar-refractivity contribution in [2.45, 2.75) is 58.4 Å².